The van der Waals surface area contributed by atoms with E-state index in [0.29, 0.717) is 6.08 Å². The fourth-order valence-corrected chi connectivity index (χ4v) is 0.389. The number of halogens is 3. The first-order valence-electron chi connectivity index (χ1n) is 2.32. The van der Waals surface area contributed by atoms with Gasteiger partial charge in [0.05, 0.1) is 0 Å². The highest BCUT2D eigenvalue weighted by molar-refractivity contribution is 7.84. The van der Waals surface area contributed by atoms with Crippen molar-refractivity contribution in [3.8, 4) is 0 Å². The van der Waals surface area contributed by atoms with Crippen molar-refractivity contribution in [2.24, 2.45) is 0 Å². The lowest BCUT2D eigenvalue weighted by atomic mass is 10.3. The Hall–Kier alpha value is -0.450. The van der Waals surface area contributed by atoms with Crippen LogP contribution in [0.5, 0.6) is 0 Å². The number of thiol groups is 1. The van der Waals surface area contributed by atoms with Crippen molar-refractivity contribution in [2.45, 2.75) is 13.1 Å². The molecule has 0 aliphatic heterocycles. The Morgan fingerprint density at radius 1 is 1.50 bits per heavy atom. The van der Waals surface area contributed by atoms with E-state index in [1.807, 2.05) is 0 Å². The number of allylic oxidation sites excluding steroid dienone is 2. The molecular weight excluding hydrogens is 165 g/mol. The first-order chi connectivity index (χ1) is 4.34. The third-order valence-electron chi connectivity index (χ3n) is 0.619. The minimum atomic E-state index is -4.77. The van der Waals surface area contributed by atoms with Crippen molar-refractivity contribution in [2.75, 3.05) is 0 Å². The van der Waals surface area contributed by atoms with Crippen LogP contribution in [0, 0.1) is 0 Å². The third kappa shape index (κ3) is 3.55. The Labute approximate surface area is 61.3 Å². The van der Waals surface area contributed by atoms with Gasteiger partial charge >= 0.3 is 6.18 Å². The number of rotatable bonds is 1. The second kappa shape index (κ2) is 3.09. The van der Waals surface area contributed by atoms with Crippen LogP contribution in [0.2, 0.25) is 0 Å². The molecule has 0 aliphatic carbocycles. The van der Waals surface area contributed by atoms with Gasteiger partial charge in [-0.1, -0.05) is 0 Å². The molecule has 0 aliphatic rings. The predicted molar refractivity (Wildman–Crippen MR) is 33.8 cm³/mol. The van der Waals surface area contributed by atoms with Gasteiger partial charge in [0.1, 0.15) is 0 Å². The minimum absolute atomic E-state index is 0.0438. The highest BCUT2D eigenvalue weighted by Crippen LogP contribution is 2.17. The quantitative estimate of drug-likeness (QED) is 0.470. The zero-order valence-electron chi connectivity index (χ0n) is 5.07. The van der Waals surface area contributed by atoms with Gasteiger partial charge in [-0.2, -0.15) is 13.2 Å². The van der Waals surface area contributed by atoms with Crippen molar-refractivity contribution in [3.05, 3.63) is 11.0 Å². The number of carbonyl (C=O) groups excluding carboxylic acids is 1. The number of ketones is 1. The maximum absolute atomic E-state index is 11.4. The lowest BCUT2D eigenvalue weighted by Crippen LogP contribution is -2.20. The smallest absolute Gasteiger partial charge is 0.285 e. The monoisotopic (exact) mass is 170 g/mol. The lowest BCUT2D eigenvalue weighted by molar-refractivity contribution is -0.165. The summed E-state index contributed by atoms with van der Waals surface area (Å²) in [4.78, 5) is 10.1. The highest BCUT2D eigenvalue weighted by atomic mass is 32.1. The molecule has 0 spiro atoms. The van der Waals surface area contributed by atoms with Crippen molar-refractivity contribution < 1.29 is 18.0 Å². The number of hydrogen-bond donors (Lipinski definition) is 1. The topological polar surface area (TPSA) is 17.1 Å². The number of carbonyl (C=O) groups is 1. The van der Waals surface area contributed by atoms with E-state index in [0.717, 1.165) is 0 Å². The molecule has 1 nitrogen and oxygen atoms in total. The standard InChI is InChI=1S/C5H5F3OS/c1-3(10)2-4(9)5(6,7)8/h2,10H,1H3/b3-2-. The van der Waals surface area contributed by atoms with Crippen molar-refractivity contribution in [3.63, 3.8) is 0 Å². The van der Waals surface area contributed by atoms with Crippen LogP contribution in [0.15, 0.2) is 11.0 Å². The lowest BCUT2D eigenvalue weighted by Gasteiger charge is -1.99. The zero-order chi connectivity index (χ0) is 8.36. The van der Waals surface area contributed by atoms with E-state index in [9.17, 15) is 18.0 Å². The summed E-state index contributed by atoms with van der Waals surface area (Å²) in [6.45, 7) is 1.30. The summed E-state index contributed by atoms with van der Waals surface area (Å²) in [5, 5.41) is 0. The molecule has 0 aromatic carbocycles. The largest absolute Gasteiger partial charge is 0.454 e. The minimum Gasteiger partial charge on any atom is -0.285 e. The molecule has 0 aromatic rings. The van der Waals surface area contributed by atoms with Gasteiger partial charge in [-0.25, -0.2) is 0 Å². The Balaban J connectivity index is 4.27. The summed E-state index contributed by atoms with van der Waals surface area (Å²) in [6, 6.07) is 0. The van der Waals surface area contributed by atoms with Crippen LogP contribution >= 0.6 is 12.6 Å². The third-order valence-corrected chi connectivity index (χ3v) is 0.748. The van der Waals surface area contributed by atoms with Crippen LogP contribution in [0.1, 0.15) is 6.92 Å². The molecule has 0 unspecified atom stereocenters. The van der Waals surface area contributed by atoms with Crippen LogP contribution in [-0.4, -0.2) is 12.0 Å². The Kier molecular flexibility index (Phi) is 2.96. The normalized spacial score (nSPS) is 13.5. The van der Waals surface area contributed by atoms with E-state index in [-0.39, 0.29) is 4.91 Å². The van der Waals surface area contributed by atoms with Crippen LogP contribution in [0.3, 0.4) is 0 Å². The first-order valence-corrected chi connectivity index (χ1v) is 2.77. The van der Waals surface area contributed by atoms with Gasteiger partial charge in [0, 0.05) is 0 Å². The molecule has 0 aromatic heterocycles. The summed E-state index contributed by atoms with van der Waals surface area (Å²) in [5.41, 5.74) is 0. The van der Waals surface area contributed by atoms with E-state index < -0.39 is 12.0 Å². The maximum Gasteiger partial charge on any atom is 0.454 e. The van der Waals surface area contributed by atoms with E-state index in [2.05, 4.69) is 12.6 Å². The van der Waals surface area contributed by atoms with Gasteiger partial charge in [0.15, 0.2) is 0 Å². The van der Waals surface area contributed by atoms with Gasteiger partial charge in [-0.15, -0.1) is 12.6 Å². The second-order valence-corrected chi connectivity index (χ2v) is 2.35. The fourth-order valence-electron chi connectivity index (χ4n) is 0.272. The molecule has 0 rings (SSSR count). The molecule has 0 saturated carbocycles. The number of alkyl halides is 3. The Morgan fingerprint density at radius 2 is 1.90 bits per heavy atom. The van der Waals surface area contributed by atoms with Crippen LogP contribution in [0.25, 0.3) is 0 Å². The SMILES string of the molecule is C/C(S)=C/C(=O)C(F)(F)F. The molecule has 5 heteroatoms. The molecule has 0 radical (unpaired) electrons. The second-order valence-electron chi connectivity index (χ2n) is 1.65. The Morgan fingerprint density at radius 3 is 2.00 bits per heavy atom. The fraction of sp³-hybridized carbons (Fsp3) is 0.400. The molecule has 0 saturated heterocycles. The van der Waals surface area contributed by atoms with Crippen LogP contribution in [-0.2, 0) is 4.79 Å². The van der Waals surface area contributed by atoms with E-state index >= 15 is 0 Å². The van der Waals surface area contributed by atoms with Crippen LogP contribution < -0.4 is 0 Å². The first kappa shape index (κ1) is 9.55. The highest BCUT2D eigenvalue weighted by Gasteiger charge is 2.36. The number of hydrogen-bond acceptors (Lipinski definition) is 2. The van der Waals surface area contributed by atoms with Gasteiger partial charge in [-0.3, -0.25) is 4.79 Å². The van der Waals surface area contributed by atoms with Gasteiger partial charge in [0.2, 0.25) is 0 Å². The predicted octanol–water partition coefficient (Wildman–Crippen LogP) is 1.95. The van der Waals surface area contributed by atoms with Crippen LogP contribution in [0.4, 0.5) is 13.2 Å². The summed E-state index contributed by atoms with van der Waals surface area (Å²) in [7, 11) is 0. The summed E-state index contributed by atoms with van der Waals surface area (Å²) in [5.74, 6) is -1.87. The average molecular weight is 170 g/mol. The molecule has 58 valence electrons. The van der Waals surface area contributed by atoms with Crippen molar-refractivity contribution >= 4 is 18.4 Å². The summed E-state index contributed by atoms with van der Waals surface area (Å²) >= 11 is 3.51. The van der Waals surface area contributed by atoms with Gasteiger partial charge < -0.3 is 0 Å². The maximum atomic E-state index is 11.4. The van der Waals surface area contributed by atoms with Crippen molar-refractivity contribution in [1.29, 1.82) is 0 Å². The molecular formula is C5H5F3OS. The zero-order valence-corrected chi connectivity index (χ0v) is 5.96. The molecule has 10 heavy (non-hydrogen) atoms. The summed E-state index contributed by atoms with van der Waals surface area (Å²) in [6.07, 6.45) is -4.34. The van der Waals surface area contributed by atoms with Crippen molar-refractivity contribution in [1.82, 2.24) is 0 Å². The Bertz CT molecular complexity index is 166. The average Bonchev–Trinajstić information content (AvgIpc) is 1.60. The van der Waals surface area contributed by atoms with E-state index in [1.54, 1.807) is 0 Å². The van der Waals surface area contributed by atoms with Gasteiger partial charge in [-0.05, 0) is 17.9 Å². The molecule has 0 bridgehead atoms. The van der Waals surface area contributed by atoms with E-state index in [4.69, 9.17) is 0 Å². The molecule has 0 amide bonds. The molecule has 0 fully saturated rings. The summed E-state index contributed by atoms with van der Waals surface area (Å²) < 4.78 is 34.1. The molecule has 0 heterocycles. The molecule has 0 atom stereocenters. The van der Waals surface area contributed by atoms with Gasteiger partial charge in [0.25, 0.3) is 5.78 Å². The molecule has 0 N–H and O–H groups in total. The van der Waals surface area contributed by atoms with E-state index in [1.165, 1.54) is 6.92 Å².